The molecule has 0 bridgehead atoms. The van der Waals surface area contributed by atoms with Crippen LogP contribution in [0.5, 0.6) is 0 Å². The van der Waals surface area contributed by atoms with E-state index in [0.29, 0.717) is 11.8 Å². The first kappa shape index (κ1) is 22.0. The van der Waals surface area contributed by atoms with Crippen molar-refractivity contribution in [1.82, 2.24) is 0 Å². The topological polar surface area (TPSA) is 0 Å². The molecule has 0 aliphatic heterocycles. The lowest BCUT2D eigenvalue weighted by atomic mass is 9.87. The molecule has 0 aromatic heterocycles. The van der Waals surface area contributed by atoms with Gasteiger partial charge in [-0.15, -0.1) is 0 Å². The summed E-state index contributed by atoms with van der Waals surface area (Å²) in [6, 6.07) is 0. The Labute approximate surface area is 146 Å². The van der Waals surface area contributed by atoms with Crippen molar-refractivity contribution < 1.29 is 0 Å². The first-order chi connectivity index (χ1) is 10.6. The number of hydrogen-bond donors (Lipinski definition) is 0. The highest BCUT2D eigenvalue weighted by Gasteiger charge is 2.11. The second-order valence-corrected chi connectivity index (χ2v) is 8.10. The molecule has 0 aromatic carbocycles. The van der Waals surface area contributed by atoms with Crippen molar-refractivity contribution in [2.45, 2.75) is 81.6 Å². The van der Waals surface area contributed by atoms with Crippen LogP contribution in [0.25, 0.3) is 0 Å². The van der Waals surface area contributed by atoms with E-state index < -0.39 is 0 Å². The smallest absolute Gasteiger partial charge is 0.0105 e. The molecule has 0 heterocycles. The van der Waals surface area contributed by atoms with Crippen LogP contribution in [0.3, 0.4) is 0 Å². The Morgan fingerprint density at radius 1 is 1.04 bits per heavy atom. The van der Waals surface area contributed by atoms with Gasteiger partial charge in [0.2, 0.25) is 0 Å². The highest BCUT2D eigenvalue weighted by molar-refractivity contribution is 5.23. The number of allylic oxidation sites excluding steroid dienone is 8. The van der Waals surface area contributed by atoms with Crippen LogP contribution in [0.1, 0.15) is 81.6 Å². The van der Waals surface area contributed by atoms with E-state index in [2.05, 4.69) is 92.7 Å². The second kappa shape index (κ2) is 10.7. The minimum absolute atomic E-state index is 0.258. The van der Waals surface area contributed by atoms with Crippen molar-refractivity contribution >= 4 is 0 Å². The molecule has 0 aliphatic carbocycles. The summed E-state index contributed by atoms with van der Waals surface area (Å²) >= 11 is 0. The van der Waals surface area contributed by atoms with Crippen LogP contribution < -0.4 is 0 Å². The highest BCUT2D eigenvalue weighted by atomic mass is 14.2. The highest BCUT2D eigenvalue weighted by Crippen LogP contribution is 2.26. The second-order valence-electron chi connectivity index (χ2n) is 8.10. The van der Waals surface area contributed by atoms with E-state index in [4.69, 9.17) is 0 Å². The minimum Gasteiger partial charge on any atom is -0.0879 e. The van der Waals surface area contributed by atoms with Crippen molar-refractivity contribution in [2.24, 2.45) is 17.3 Å². The normalized spacial score (nSPS) is 17.7. The molecular formula is C23H40. The number of rotatable bonds is 8. The van der Waals surface area contributed by atoms with Crippen molar-refractivity contribution in [1.29, 1.82) is 0 Å². The van der Waals surface area contributed by atoms with E-state index in [9.17, 15) is 0 Å². The van der Waals surface area contributed by atoms with Gasteiger partial charge in [-0.2, -0.15) is 0 Å². The third-order valence-electron chi connectivity index (χ3n) is 4.89. The molecule has 132 valence electrons. The molecule has 0 nitrogen and oxygen atoms in total. The summed E-state index contributed by atoms with van der Waals surface area (Å²) in [5.41, 5.74) is 4.69. The molecule has 0 spiro atoms. The Kier molecular flexibility index (Phi) is 10.2. The van der Waals surface area contributed by atoms with E-state index in [0.717, 1.165) is 12.8 Å². The molecule has 0 aromatic rings. The predicted molar refractivity (Wildman–Crippen MR) is 108 cm³/mol. The van der Waals surface area contributed by atoms with E-state index in [1.54, 1.807) is 5.57 Å². The van der Waals surface area contributed by atoms with Crippen LogP contribution in [-0.2, 0) is 0 Å². The lowest BCUT2D eigenvalue weighted by molar-refractivity contribution is 0.504. The summed E-state index contributed by atoms with van der Waals surface area (Å²) in [7, 11) is 0. The first-order valence-corrected chi connectivity index (χ1v) is 9.28. The molecule has 2 atom stereocenters. The van der Waals surface area contributed by atoms with Gasteiger partial charge in [0, 0.05) is 0 Å². The SMILES string of the molecule is CC=C(CC(C)=CC=C(C)C(C)(C)C)C(C)CC=CC(C)CC. The third kappa shape index (κ3) is 9.64. The molecule has 0 heteroatoms. The maximum absolute atomic E-state index is 2.37. The van der Waals surface area contributed by atoms with Gasteiger partial charge < -0.3 is 0 Å². The molecule has 2 unspecified atom stereocenters. The zero-order valence-corrected chi connectivity index (χ0v) is 17.2. The molecular weight excluding hydrogens is 276 g/mol. The monoisotopic (exact) mass is 316 g/mol. The summed E-state index contributed by atoms with van der Waals surface area (Å²) in [5, 5.41) is 0. The van der Waals surface area contributed by atoms with Gasteiger partial charge in [-0.3, -0.25) is 0 Å². The van der Waals surface area contributed by atoms with Gasteiger partial charge in [0.05, 0.1) is 0 Å². The first-order valence-electron chi connectivity index (χ1n) is 9.28. The van der Waals surface area contributed by atoms with Crippen LogP contribution in [0, 0.1) is 17.3 Å². The quantitative estimate of drug-likeness (QED) is 0.315. The Morgan fingerprint density at radius 2 is 1.65 bits per heavy atom. The van der Waals surface area contributed by atoms with Crippen molar-refractivity contribution in [2.75, 3.05) is 0 Å². The fourth-order valence-corrected chi connectivity index (χ4v) is 2.26. The van der Waals surface area contributed by atoms with E-state index in [-0.39, 0.29) is 5.41 Å². The summed E-state index contributed by atoms with van der Waals surface area (Å²) in [6.45, 7) is 20.3. The predicted octanol–water partition coefficient (Wildman–Crippen LogP) is 7.89. The Morgan fingerprint density at radius 3 is 2.13 bits per heavy atom. The molecule has 0 rings (SSSR count). The van der Waals surface area contributed by atoms with Gasteiger partial charge in [0.15, 0.2) is 0 Å². The van der Waals surface area contributed by atoms with Crippen molar-refractivity contribution in [3.8, 4) is 0 Å². The van der Waals surface area contributed by atoms with Crippen LogP contribution in [0.15, 0.2) is 47.1 Å². The van der Waals surface area contributed by atoms with Crippen molar-refractivity contribution in [3.63, 3.8) is 0 Å². The zero-order chi connectivity index (χ0) is 18.0. The van der Waals surface area contributed by atoms with Crippen LogP contribution in [0.2, 0.25) is 0 Å². The molecule has 0 saturated carbocycles. The average molecular weight is 317 g/mol. The molecule has 0 N–H and O–H groups in total. The number of hydrogen-bond acceptors (Lipinski definition) is 0. The van der Waals surface area contributed by atoms with Gasteiger partial charge in [-0.25, -0.2) is 0 Å². The summed E-state index contributed by atoms with van der Waals surface area (Å²) in [6.07, 6.45) is 15.1. The van der Waals surface area contributed by atoms with Crippen LogP contribution >= 0.6 is 0 Å². The summed E-state index contributed by atoms with van der Waals surface area (Å²) in [4.78, 5) is 0. The molecule has 0 fully saturated rings. The average Bonchev–Trinajstić information content (AvgIpc) is 2.48. The van der Waals surface area contributed by atoms with Crippen LogP contribution in [0.4, 0.5) is 0 Å². The fraction of sp³-hybridized carbons (Fsp3) is 0.652. The third-order valence-corrected chi connectivity index (χ3v) is 4.89. The van der Waals surface area contributed by atoms with Crippen molar-refractivity contribution in [3.05, 3.63) is 47.1 Å². The maximum atomic E-state index is 2.37. The summed E-state index contributed by atoms with van der Waals surface area (Å²) in [5.74, 6) is 1.32. The van der Waals surface area contributed by atoms with Gasteiger partial charge in [-0.05, 0) is 50.9 Å². The van der Waals surface area contributed by atoms with Gasteiger partial charge in [0.1, 0.15) is 0 Å². The maximum Gasteiger partial charge on any atom is -0.0105 e. The minimum atomic E-state index is 0.258. The van der Waals surface area contributed by atoms with E-state index in [1.165, 1.54) is 17.6 Å². The molecule has 0 radical (unpaired) electrons. The Hall–Kier alpha value is -1.04. The largest absolute Gasteiger partial charge is 0.0879 e. The zero-order valence-electron chi connectivity index (χ0n) is 17.2. The Bertz CT molecular complexity index is 449. The standard InChI is InChI=1S/C23H40/c1-10-18(3)13-12-14-20(5)22(11-2)17-19(4)15-16-21(6)23(7,8)9/h11-13,15-16,18,20H,10,14,17H2,1-9H3. The van der Waals surface area contributed by atoms with E-state index in [1.807, 2.05) is 0 Å². The fourth-order valence-electron chi connectivity index (χ4n) is 2.26. The lowest BCUT2D eigenvalue weighted by Gasteiger charge is -2.19. The van der Waals surface area contributed by atoms with Gasteiger partial charge in [-0.1, -0.05) is 95.1 Å². The van der Waals surface area contributed by atoms with Gasteiger partial charge >= 0.3 is 0 Å². The summed E-state index contributed by atoms with van der Waals surface area (Å²) < 4.78 is 0. The Balaban J connectivity index is 4.73. The molecule has 0 aliphatic rings. The molecule has 0 amide bonds. The van der Waals surface area contributed by atoms with Gasteiger partial charge in [0.25, 0.3) is 0 Å². The van der Waals surface area contributed by atoms with E-state index >= 15 is 0 Å². The molecule has 23 heavy (non-hydrogen) atoms. The van der Waals surface area contributed by atoms with Crippen LogP contribution in [-0.4, -0.2) is 0 Å². The molecule has 0 saturated heterocycles. The lowest BCUT2D eigenvalue weighted by Crippen LogP contribution is -2.05.